The second-order valence-corrected chi connectivity index (χ2v) is 2.91. The number of rotatable bonds is 1. The SMILES string of the molecule is c1coc(N2CCCNCC2)n1. The first-order valence-electron chi connectivity index (χ1n) is 4.32. The normalized spacial score (nSPS) is 19.2. The van der Waals surface area contributed by atoms with E-state index >= 15 is 0 Å². The van der Waals surface area contributed by atoms with E-state index in [-0.39, 0.29) is 0 Å². The molecule has 12 heavy (non-hydrogen) atoms. The van der Waals surface area contributed by atoms with Gasteiger partial charge in [-0.15, -0.1) is 0 Å². The molecule has 1 aliphatic heterocycles. The minimum absolute atomic E-state index is 0.749. The van der Waals surface area contributed by atoms with Crippen molar-refractivity contribution in [2.45, 2.75) is 6.42 Å². The monoisotopic (exact) mass is 167 g/mol. The van der Waals surface area contributed by atoms with E-state index in [0.717, 1.165) is 38.6 Å². The molecular formula is C8H13N3O. The third-order valence-electron chi connectivity index (χ3n) is 2.03. The van der Waals surface area contributed by atoms with Gasteiger partial charge >= 0.3 is 0 Å². The Morgan fingerprint density at radius 2 is 2.42 bits per heavy atom. The average Bonchev–Trinajstić information content (AvgIpc) is 2.48. The first-order chi connectivity index (χ1) is 5.97. The van der Waals surface area contributed by atoms with Crippen LogP contribution in [0, 0.1) is 0 Å². The number of hydrogen-bond donors (Lipinski definition) is 1. The fraction of sp³-hybridized carbons (Fsp3) is 0.625. The van der Waals surface area contributed by atoms with Crippen LogP contribution in [0.25, 0.3) is 0 Å². The van der Waals surface area contributed by atoms with Gasteiger partial charge in [0.2, 0.25) is 0 Å². The lowest BCUT2D eigenvalue weighted by Crippen LogP contribution is -2.27. The largest absolute Gasteiger partial charge is 0.432 e. The van der Waals surface area contributed by atoms with Crippen molar-refractivity contribution in [2.75, 3.05) is 31.1 Å². The van der Waals surface area contributed by atoms with Crippen molar-refractivity contribution >= 4 is 6.01 Å². The van der Waals surface area contributed by atoms with E-state index < -0.39 is 0 Å². The van der Waals surface area contributed by atoms with E-state index in [4.69, 9.17) is 4.42 Å². The second kappa shape index (κ2) is 3.58. The number of nitrogens with one attached hydrogen (secondary N) is 1. The lowest BCUT2D eigenvalue weighted by molar-refractivity contribution is 0.536. The Hall–Kier alpha value is -1.03. The van der Waals surface area contributed by atoms with Crippen LogP contribution in [0.5, 0.6) is 0 Å². The van der Waals surface area contributed by atoms with Gasteiger partial charge in [-0.25, -0.2) is 4.98 Å². The molecule has 1 aromatic rings. The number of anilines is 1. The van der Waals surface area contributed by atoms with Crippen molar-refractivity contribution in [1.29, 1.82) is 0 Å². The van der Waals surface area contributed by atoms with Crippen LogP contribution in [0.3, 0.4) is 0 Å². The summed E-state index contributed by atoms with van der Waals surface area (Å²) in [6.07, 6.45) is 4.46. The first-order valence-corrected chi connectivity index (χ1v) is 4.32. The van der Waals surface area contributed by atoms with Crippen LogP contribution in [-0.4, -0.2) is 31.2 Å². The molecule has 66 valence electrons. The molecule has 1 N–H and O–H groups in total. The minimum Gasteiger partial charge on any atom is -0.432 e. The Balaban J connectivity index is 2.02. The fourth-order valence-electron chi connectivity index (χ4n) is 1.41. The Kier molecular flexibility index (Phi) is 2.27. The van der Waals surface area contributed by atoms with E-state index in [1.165, 1.54) is 0 Å². The van der Waals surface area contributed by atoms with Gasteiger partial charge in [-0.1, -0.05) is 0 Å². The highest BCUT2D eigenvalue weighted by Gasteiger charge is 2.11. The molecule has 0 spiro atoms. The molecule has 0 amide bonds. The molecule has 0 atom stereocenters. The summed E-state index contributed by atoms with van der Waals surface area (Å²) in [7, 11) is 0. The summed E-state index contributed by atoms with van der Waals surface area (Å²) in [5.74, 6) is 0. The average molecular weight is 167 g/mol. The highest BCUT2D eigenvalue weighted by molar-refractivity contribution is 5.24. The molecule has 0 aromatic carbocycles. The molecule has 0 saturated carbocycles. The number of aromatic nitrogens is 1. The molecule has 2 heterocycles. The summed E-state index contributed by atoms with van der Waals surface area (Å²) in [4.78, 5) is 6.28. The van der Waals surface area contributed by atoms with Gasteiger partial charge in [0.05, 0.1) is 6.20 Å². The van der Waals surface area contributed by atoms with Crippen LogP contribution in [0.1, 0.15) is 6.42 Å². The van der Waals surface area contributed by atoms with Gasteiger partial charge in [0.15, 0.2) is 0 Å². The van der Waals surface area contributed by atoms with Crippen molar-refractivity contribution in [3.8, 4) is 0 Å². The van der Waals surface area contributed by atoms with E-state index in [0.29, 0.717) is 0 Å². The van der Waals surface area contributed by atoms with Gasteiger partial charge in [0, 0.05) is 19.6 Å². The molecule has 4 heteroatoms. The molecule has 1 saturated heterocycles. The maximum Gasteiger partial charge on any atom is 0.297 e. The van der Waals surface area contributed by atoms with Crippen LogP contribution in [0.2, 0.25) is 0 Å². The van der Waals surface area contributed by atoms with Gasteiger partial charge in [-0.3, -0.25) is 0 Å². The first kappa shape index (κ1) is 7.61. The zero-order valence-corrected chi connectivity index (χ0v) is 6.99. The predicted octanol–water partition coefficient (Wildman–Crippen LogP) is 0.474. The quantitative estimate of drug-likeness (QED) is 0.660. The molecular weight excluding hydrogens is 154 g/mol. The van der Waals surface area contributed by atoms with E-state index in [1.807, 2.05) is 0 Å². The summed E-state index contributed by atoms with van der Waals surface area (Å²) >= 11 is 0. The fourth-order valence-corrected chi connectivity index (χ4v) is 1.41. The second-order valence-electron chi connectivity index (χ2n) is 2.91. The molecule has 0 aliphatic carbocycles. The molecule has 0 radical (unpaired) electrons. The maximum absolute atomic E-state index is 5.22. The summed E-state index contributed by atoms with van der Waals surface area (Å²) < 4.78 is 5.22. The zero-order valence-electron chi connectivity index (χ0n) is 6.99. The Morgan fingerprint density at radius 3 is 3.25 bits per heavy atom. The third kappa shape index (κ3) is 1.58. The smallest absolute Gasteiger partial charge is 0.297 e. The summed E-state index contributed by atoms with van der Waals surface area (Å²) in [6, 6.07) is 0.749. The summed E-state index contributed by atoms with van der Waals surface area (Å²) in [5, 5.41) is 3.33. The van der Waals surface area contributed by atoms with Crippen molar-refractivity contribution < 1.29 is 4.42 Å². The maximum atomic E-state index is 5.22. The molecule has 1 aliphatic rings. The topological polar surface area (TPSA) is 41.3 Å². The molecule has 0 unspecified atom stereocenters. The van der Waals surface area contributed by atoms with E-state index in [2.05, 4.69) is 15.2 Å². The Morgan fingerprint density at radius 1 is 1.42 bits per heavy atom. The number of hydrogen-bond acceptors (Lipinski definition) is 4. The van der Waals surface area contributed by atoms with E-state index in [1.54, 1.807) is 12.5 Å². The van der Waals surface area contributed by atoms with E-state index in [9.17, 15) is 0 Å². The Bertz CT molecular complexity index is 214. The van der Waals surface area contributed by atoms with Crippen molar-refractivity contribution in [3.05, 3.63) is 12.5 Å². The minimum atomic E-state index is 0.749. The van der Waals surface area contributed by atoms with Gasteiger partial charge in [-0.05, 0) is 13.0 Å². The molecule has 4 nitrogen and oxygen atoms in total. The summed E-state index contributed by atoms with van der Waals surface area (Å²) in [6.45, 7) is 4.13. The zero-order chi connectivity index (χ0) is 8.23. The lowest BCUT2D eigenvalue weighted by Gasteiger charge is -2.16. The van der Waals surface area contributed by atoms with Crippen LogP contribution in [-0.2, 0) is 0 Å². The number of oxazole rings is 1. The van der Waals surface area contributed by atoms with Crippen LogP contribution in [0.4, 0.5) is 6.01 Å². The predicted molar refractivity (Wildman–Crippen MR) is 46.2 cm³/mol. The van der Waals surface area contributed by atoms with Gasteiger partial charge in [-0.2, -0.15) is 0 Å². The number of nitrogens with zero attached hydrogens (tertiary/aromatic N) is 2. The standard InChI is InChI=1S/C8H13N3O/c1-2-9-3-6-11(5-1)8-10-4-7-12-8/h4,7,9H,1-3,5-6H2. The van der Waals surface area contributed by atoms with Crippen molar-refractivity contribution in [3.63, 3.8) is 0 Å². The summed E-state index contributed by atoms with van der Waals surface area (Å²) in [5.41, 5.74) is 0. The molecule has 1 fully saturated rings. The van der Waals surface area contributed by atoms with Crippen molar-refractivity contribution in [2.24, 2.45) is 0 Å². The molecule has 2 rings (SSSR count). The van der Waals surface area contributed by atoms with Crippen LogP contribution >= 0.6 is 0 Å². The van der Waals surface area contributed by atoms with Gasteiger partial charge in [0.1, 0.15) is 6.26 Å². The molecule has 1 aromatic heterocycles. The van der Waals surface area contributed by atoms with Gasteiger partial charge in [0.25, 0.3) is 6.01 Å². The van der Waals surface area contributed by atoms with Crippen molar-refractivity contribution in [1.82, 2.24) is 10.3 Å². The Labute approximate surface area is 71.6 Å². The van der Waals surface area contributed by atoms with Gasteiger partial charge < -0.3 is 14.6 Å². The highest BCUT2D eigenvalue weighted by Crippen LogP contribution is 2.10. The molecule has 0 bridgehead atoms. The van der Waals surface area contributed by atoms with Crippen LogP contribution in [0.15, 0.2) is 16.9 Å². The van der Waals surface area contributed by atoms with Crippen LogP contribution < -0.4 is 10.2 Å². The third-order valence-corrected chi connectivity index (χ3v) is 2.03. The highest BCUT2D eigenvalue weighted by atomic mass is 16.4. The lowest BCUT2D eigenvalue weighted by atomic mass is 10.4.